The van der Waals surface area contributed by atoms with E-state index in [0.29, 0.717) is 5.92 Å². The average Bonchev–Trinajstić information content (AvgIpc) is 2.24. The van der Waals surface area contributed by atoms with Gasteiger partial charge >= 0.3 is 0 Å². The lowest BCUT2D eigenvalue weighted by Crippen LogP contribution is -2.32. The van der Waals surface area contributed by atoms with Gasteiger partial charge in [-0.25, -0.2) is 0 Å². The van der Waals surface area contributed by atoms with E-state index in [4.69, 9.17) is 5.11 Å². The molecule has 1 N–H and O–H groups in total. The third-order valence-electron chi connectivity index (χ3n) is 4.18. The number of hydrogen-bond donors (Lipinski definition) is 1. The minimum Gasteiger partial charge on any atom is -0.389 e. The first kappa shape index (κ1) is 12.7. The highest BCUT2D eigenvalue weighted by Gasteiger charge is 2.34. The van der Waals surface area contributed by atoms with Crippen molar-refractivity contribution >= 4 is 5.78 Å². The summed E-state index contributed by atoms with van der Waals surface area (Å²) < 4.78 is 0. The van der Waals surface area contributed by atoms with E-state index in [1.54, 1.807) is 0 Å². The maximum absolute atomic E-state index is 11.3. The van der Waals surface area contributed by atoms with Crippen LogP contribution in [0.25, 0.3) is 0 Å². The van der Waals surface area contributed by atoms with Gasteiger partial charge in [0.25, 0.3) is 0 Å². The van der Waals surface area contributed by atoms with E-state index >= 15 is 0 Å². The molecule has 0 radical (unpaired) electrons. The number of carbonyl (C=O) groups is 1. The molecule has 1 saturated carbocycles. The highest BCUT2D eigenvalue weighted by molar-refractivity contribution is 5.81. The van der Waals surface area contributed by atoms with Crippen molar-refractivity contribution in [2.24, 2.45) is 23.7 Å². The molecule has 0 heterocycles. The molecule has 1 rings (SSSR count). The molecule has 0 aliphatic heterocycles. The van der Waals surface area contributed by atoms with Crippen LogP contribution in [-0.4, -0.2) is 17.5 Å². The Morgan fingerprint density at radius 3 is 2.47 bits per heavy atom. The van der Waals surface area contributed by atoms with Gasteiger partial charge in [-0.3, -0.25) is 4.79 Å². The molecule has 0 amide bonds. The highest BCUT2D eigenvalue weighted by atomic mass is 16.3. The number of carbonyl (C=O) groups excluding carboxylic acids is 1. The van der Waals surface area contributed by atoms with Crippen LogP contribution in [0, 0.1) is 23.7 Å². The summed E-state index contributed by atoms with van der Waals surface area (Å²) in [6, 6.07) is 0. The molecule has 0 spiro atoms. The van der Waals surface area contributed by atoms with Crippen molar-refractivity contribution in [3.63, 3.8) is 0 Å². The summed E-state index contributed by atoms with van der Waals surface area (Å²) in [5, 5.41) is 8.80. The molecule has 0 aromatic rings. The number of aliphatic hydroxyl groups is 1. The maximum atomic E-state index is 11.3. The van der Waals surface area contributed by atoms with Gasteiger partial charge in [-0.2, -0.15) is 0 Å². The van der Waals surface area contributed by atoms with Crippen molar-refractivity contribution in [1.82, 2.24) is 0 Å². The summed E-state index contributed by atoms with van der Waals surface area (Å²) in [6.07, 6.45) is 4.81. The average molecular weight is 212 g/mol. The predicted octanol–water partition coefficient (Wildman–Crippen LogP) is 2.65. The van der Waals surface area contributed by atoms with Gasteiger partial charge in [-0.15, -0.1) is 0 Å². The molecule has 1 aliphatic rings. The molecular weight excluding hydrogens is 188 g/mol. The number of ketones is 1. The predicted molar refractivity (Wildman–Crippen MR) is 61.5 cm³/mol. The van der Waals surface area contributed by atoms with Crippen LogP contribution >= 0.6 is 0 Å². The summed E-state index contributed by atoms with van der Waals surface area (Å²) >= 11 is 0. The molecule has 2 heteroatoms. The first-order valence-corrected chi connectivity index (χ1v) is 6.23. The Bertz CT molecular complexity index is 213. The number of rotatable bonds is 6. The summed E-state index contributed by atoms with van der Waals surface area (Å²) in [5.41, 5.74) is 0. The second-order valence-electron chi connectivity index (χ2n) is 5.15. The minimum absolute atomic E-state index is 0.000395. The van der Waals surface area contributed by atoms with E-state index in [1.807, 2.05) is 6.92 Å². The lowest BCUT2D eigenvalue weighted by Gasteiger charge is -2.40. The SMILES string of the molecule is CCC(CC(C)C(=O)CO)C1CCC1C. The van der Waals surface area contributed by atoms with E-state index in [2.05, 4.69) is 13.8 Å². The van der Waals surface area contributed by atoms with Gasteiger partial charge in [-0.1, -0.05) is 33.6 Å². The molecule has 1 fully saturated rings. The lowest BCUT2D eigenvalue weighted by atomic mass is 9.65. The normalized spacial score (nSPS) is 29.3. The first-order valence-electron chi connectivity index (χ1n) is 6.23. The Hall–Kier alpha value is -0.370. The number of aliphatic hydroxyl groups excluding tert-OH is 1. The molecular formula is C13H24O2. The van der Waals surface area contributed by atoms with E-state index < -0.39 is 0 Å². The highest BCUT2D eigenvalue weighted by Crippen LogP contribution is 2.42. The Kier molecular flexibility index (Phi) is 4.78. The maximum Gasteiger partial charge on any atom is 0.160 e. The molecule has 0 aromatic heterocycles. The van der Waals surface area contributed by atoms with E-state index in [9.17, 15) is 4.79 Å². The molecule has 15 heavy (non-hydrogen) atoms. The second-order valence-corrected chi connectivity index (χ2v) is 5.15. The van der Waals surface area contributed by atoms with Crippen LogP contribution in [-0.2, 0) is 4.79 Å². The zero-order valence-electron chi connectivity index (χ0n) is 10.2. The fraction of sp³-hybridized carbons (Fsp3) is 0.923. The van der Waals surface area contributed by atoms with E-state index in [1.165, 1.54) is 12.8 Å². The zero-order chi connectivity index (χ0) is 11.4. The van der Waals surface area contributed by atoms with E-state index in [-0.39, 0.29) is 18.3 Å². The molecule has 0 bridgehead atoms. The third kappa shape index (κ3) is 3.04. The Labute approximate surface area is 93.1 Å². The van der Waals surface area contributed by atoms with Crippen LogP contribution in [0.2, 0.25) is 0 Å². The lowest BCUT2D eigenvalue weighted by molar-refractivity contribution is -0.126. The van der Waals surface area contributed by atoms with Crippen molar-refractivity contribution in [2.75, 3.05) is 6.61 Å². The molecule has 4 atom stereocenters. The van der Waals surface area contributed by atoms with Crippen molar-refractivity contribution in [2.45, 2.75) is 46.5 Å². The fourth-order valence-corrected chi connectivity index (χ4v) is 2.78. The van der Waals surface area contributed by atoms with Gasteiger partial charge in [0.1, 0.15) is 6.61 Å². The summed E-state index contributed by atoms with van der Waals surface area (Å²) in [5.74, 6) is 2.38. The molecule has 4 unspecified atom stereocenters. The number of Topliss-reactive ketones (excluding diaryl/α,β-unsaturated/α-hetero) is 1. The van der Waals surface area contributed by atoms with E-state index in [0.717, 1.165) is 24.7 Å². The second kappa shape index (κ2) is 5.64. The third-order valence-corrected chi connectivity index (χ3v) is 4.18. The first-order chi connectivity index (χ1) is 7.10. The standard InChI is InChI=1S/C13H24O2/c1-4-11(12-6-5-9(12)2)7-10(3)13(15)8-14/h9-12,14H,4-8H2,1-3H3. The minimum atomic E-state index is -0.294. The Morgan fingerprint density at radius 2 is 2.13 bits per heavy atom. The molecule has 2 nitrogen and oxygen atoms in total. The van der Waals surface area contributed by atoms with Crippen molar-refractivity contribution in [3.05, 3.63) is 0 Å². The van der Waals surface area contributed by atoms with Gasteiger partial charge < -0.3 is 5.11 Å². The van der Waals surface area contributed by atoms with Gasteiger partial charge in [-0.05, 0) is 30.6 Å². The van der Waals surface area contributed by atoms with Crippen LogP contribution in [0.5, 0.6) is 0 Å². The van der Waals surface area contributed by atoms with Crippen LogP contribution in [0.15, 0.2) is 0 Å². The van der Waals surface area contributed by atoms with Crippen LogP contribution in [0.3, 0.4) is 0 Å². The van der Waals surface area contributed by atoms with Crippen LogP contribution < -0.4 is 0 Å². The van der Waals surface area contributed by atoms with Gasteiger partial charge in [0.2, 0.25) is 0 Å². The van der Waals surface area contributed by atoms with Crippen LogP contribution in [0.4, 0.5) is 0 Å². The zero-order valence-corrected chi connectivity index (χ0v) is 10.2. The molecule has 0 saturated heterocycles. The van der Waals surface area contributed by atoms with Gasteiger partial charge in [0, 0.05) is 5.92 Å². The van der Waals surface area contributed by atoms with Gasteiger partial charge in [0.05, 0.1) is 0 Å². The Balaban J connectivity index is 2.42. The number of hydrogen-bond acceptors (Lipinski definition) is 2. The van der Waals surface area contributed by atoms with Crippen molar-refractivity contribution < 1.29 is 9.90 Å². The molecule has 1 aliphatic carbocycles. The monoisotopic (exact) mass is 212 g/mol. The van der Waals surface area contributed by atoms with Crippen LogP contribution in [0.1, 0.15) is 46.5 Å². The summed E-state index contributed by atoms with van der Waals surface area (Å²) in [6.45, 7) is 6.18. The summed E-state index contributed by atoms with van der Waals surface area (Å²) in [7, 11) is 0. The quantitative estimate of drug-likeness (QED) is 0.735. The molecule has 88 valence electrons. The molecule has 0 aromatic carbocycles. The van der Waals surface area contributed by atoms with Crippen molar-refractivity contribution in [1.29, 1.82) is 0 Å². The largest absolute Gasteiger partial charge is 0.389 e. The topological polar surface area (TPSA) is 37.3 Å². The fourth-order valence-electron chi connectivity index (χ4n) is 2.78. The van der Waals surface area contributed by atoms with Gasteiger partial charge in [0.15, 0.2) is 5.78 Å². The summed E-state index contributed by atoms with van der Waals surface area (Å²) in [4.78, 5) is 11.3. The Morgan fingerprint density at radius 1 is 1.47 bits per heavy atom. The smallest absolute Gasteiger partial charge is 0.160 e. The van der Waals surface area contributed by atoms with Crippen molar-refractivity contribution in [3.8, 4) is 0 Å².